The van der Waals surface area contributed by atoms with Crippen molar-refractivity contribution in [2.24, 2.45) is 11.8 Å². The molecule has 2 saturated carbocycles. The maximum atomic E-state index is 12.5. The highest BCUT2D eigenvalue weighted by atomic mass is 16.7. The molecule has 5 heteroatoms. The highest BCUT2D eigenvalue weighted by molar-refractivity contribution is 5.91. The van der Waals surface area contributed by atoms with Crippen molar-refractivity contribution in [1.82, 2.24) is 5.32 Å². The van der Waals surface area contributed by atoms with Gasteiger partial charge in [0.1, 0.15) is 0 Å². The van der Waals surface area contributed by atoms with Crippen molar-refractivity contribution in [3.05, 3.63) is 11.8 Å². The number of carbonyl (C=O) groups excluding carboxylic acids is 1. The van der Waals surface area contributed by atoms with E-state index in [1.54, 1.807) is 0 Å². The molecule has 1 aliphatic heterocycles. The Morgan fingerprint density at radius 2 is 2.04 bits per heavy atom. The van der Waals surface area contributed by atoms with Crippen molar-refractivity contribution < 1.29 is 19.4 Å². The fourth-order valence-electron chi connectivity index (χ4n) is 3.55. The summed E-state index contributed by atoms with van der Waals surface area (Å²) in [4.78, 5) is 12.5. The zero-order valence-corrected chi connectivity index (χ0v) is 13.8. The summed E-state index contributed by atoms with van der Waals surface area (Å²) in [6.07, 6.45) is 11.1. The SMILES string of the molecule is O=C(NC1CCCC1)C1=C[C@H](C2CC2)C[C@H](OCCCCO)O1. The van der Waals surface area contributed by atoms with Gasteiger partial charge in [-0.05, 0) is 56.4 Å². The van der Waals surface area contributed by atoms with E-state index in [-0.39, 0.29) is 18.8 Å². The lowest BCUT2D eigenvalue weighted by Gasteiger charge is -2.29. The summed E-state index contributed by atoms with van der Waals surface area (Å²) in [6.45, 7) is 0.759. The van der Waals surface area contributed by atoms with Crippen LogP contribution in [0.4, 0.5) is 0 Å². The van der Waals surface area contributed by atoms with Gasteiger partial charge in [-0.3, -0.25) is 4.79 Å². The van der Waals surface area contributed by atoms with Crippen LogP contribution < -0.4 is 5.32 Å². The second kappa shape index (κ2) is 8.15. The van der Waals surface area contributed by atoms with Crippen molar-refractivity contribution in [2.75, 3.05) is 13.2 Å². The summed E-state index contributed by atoms with van der Waals surface area (Å²) in [7, 11) is 0. The number of hydrogen-bond acceptors (Lipinski definition) is 4. The smallest absolute Gasteiger partial charge is 0.286 e. The van der Waals surface area contributed by atoms with Crippen LogP contribution in [-0.2, 0) is 14.3 Å². The molecule has 2 atom stereocenters. The molecule has 0 aromatic rings. The van der Waals surface area contributed by atoms with Crippen LogP contribution in [0.3, 0.4) is 0 Å². The topological polar surface area (TPSA) is 67.8 Å². The van der Waals surface area contributed by atoms with Crippen LogP contribution in [0.2, 0.25) is 0 Å². The number of hydrogen-bond donors (Lipinski definition) is 2. The summed E-state index contributed by atoms with van der Waals surface area (Å²) >= 11 is 0. The molecule has 0 radical (unpaired) electrons. The lowest BCUT2D eigenvalue weighted by atomic mass is 9.96. The summed E-state index contributed by atoms with van der Waals surface area (Å²) < 4.78 is 11.6. The molecule has 2 aliphatic carbocycles. The molecule has 0 saturated heterocycles. The highest BCUT2D eigenvalue weighted by Gasteiger charge is 2.37. The van der Waals surface area contributed by atoms with Gasteiger partial charge in [0.15, 0.2) is 5.76 Å². The highest BCUT2D eigenvalue weighted by Crippen LogP contribution is 2.42. The zero-order chi connectivity index (χ0) is 16.1. The minimum atomic E-state index is -0.325. The van der Waals surface area contributed by atoms with Crippen molar-refractivity contribution in [2.45, 2.75) is 70.1 Å². The third kappa shape index (κ3) is 4.95. The number of nitrogens with one attached hydrogen (secondary N) is 1. The lowest BCUT2D eigenvalue weighted by Crippen LogP contribution is -2.38. The van der Waals surface area contributed by atoms with Crippen LogP contribution in [0.5, 0.6) is 0 Å². The van der Waals surface area contributed by atoms with Gasteiger partial charge < -0.3 is 19.9 Å². The van der Waals surface area contributed by atoms with Crippen LogP contribution in [0, 0.1) is 11.8 Å². The molecule has 130 valence electrons. The van der Waals surface area contributed by atoms with Crippen molar-refractivity contribution in [3.8, 4) is 0 Å². The van der Waals surface area contributed by atoms with Gasteiger partial charge in [-0.1, -0.05) is 12.8 Å². The standard InChI is InChI=1S/C18H29NO4/c20-9-3-4-10-22-17-12-14(13-7-8-13)11-16(23-17)18(21)19-15-5-1-2-6-15/h11,13-15,17,20H,1-10,12H2,(H,19,21)/t14-,17+/m0/s1. The minimum absolute atomic E-state index is 0.0776. The first-order valence-electron chi connectivity index (χ1n) is 9.18. The number of rotatable bonds is 8. The molecular formula is C18H29NO4. The molecule has 23 heavy (non-hydrogen) atoms. The summed E-state index contributed by atoms with van der Waals surface area (Å²) in [5.41, 5.74) is 0. The number of aliphatic hydroxyl groups is 1. The van der Waals surface area contributed by atoms with Crippen LogP contribution >= 0.6 is 0 Å². The Morgan fingerprint density at radius 3 is 2.74 bits per heavy atom. The zero-order valence-electron chi connectivity index (χ0n) is 13.8. The van der Waals surface area contributed by atoms with Crippen LogP contribution in [-0.4, -0.2) is 36.6 Å². The Hall–Kier alpha value is -1.07. The Bertz CT molecular complexity index is 427. The predicted octanol–water partition coefficient (Wildman–Crippen LogP) is 2.49. The molecule has 2 N–H and O–H groups in total. The maximum absolute atomic E-state index is 12.5. The van der Waals surface area contributed by atoms with Crippen molar-refractivity contribution >= 4 is 5.91 Å². The summed E-state index contributed by atoms with van der Waals surface area (Å²) in [5, 5.41) is 11.9. The van der Waals surface area contributed by atoms with Crippen molar-refractivity contribution in [3.63, 3.8) is 0 Å². The lowest BCUT2D eigenvalue weighted by molar-refractivity contribution is -0.150. The predicted molar refractivity (Wildman–Crippen MR) is 86.5 cm³/mol. The van der Waals surface area contributed by atoms with Gasteiger partial charge in [0, 0.05) is 19.1 Å². The first kappa shape index (κ1) is 16.8. The molecule has 0 spiro atoms. The number of allylic oxidation sites excluding steroid dienone is 1. The van der Waals surface area contributed by atoms with Crippen molar-refractivity contribution in [1.29, 1.82) is 0 Å². The van der Waals surface area contributed by atoms with Gasteiger partial charge in [0.05, 0.1) is 6.61 Å². The molecular weight excluding hydrogens is 294 g/mol. The average molecular weight is 323 g/mol. The largest absolute Gasteiger partial charge is 0.459 e. The minimum Gasteiger partial charge on any atom is -0.459 e. The average Bonchev–Trinajstić information content (AvgIpc) is 3.29. The normalized spacial score (nSPS) is 28.3. The molecule has 0 unspecified atom stereocenters. The first-order chi connectivity index (χ1) is 11.3. The van der Waals surface area contributed by atoms with Crippen LogP contribution in [0.25, 0.3) is 0 Å². The number of aliphatic hydroxyl groups excluding tert-OH is 1. The second-order valence-corrected chi connectivity index (χ2v) is 7.07. The van der Waals surface area contributed by atoms with E-state index >= 15 is 0 Å². The van der Waals surface area contributed by atoms with Gasteiger partial charge in [0.25, 0.3) is 5.91 Å². The Kier molecular flexibility index (Phi) is 5.95. The van der Waals surface area contributed by atoms with Gasteiger partial charge >= 0.3 is 0 Å². The number of amides is 1. The molecule has 3 rings (SSSR count). The molecule has 0 bridgehead atoms. The van der Waals surface area contributed by atoms with Gasteiger partial charge in [-0.2, -0.15) is 0 Å². The van der Waals surface area contributed by atoms with Gasteiger partial charge in [-0.25, -0.2) is 0 Å². The van der Waals surface area contributed by atoms with E-state index in [0.29, 0.717) is 30.2 Å². The fourth-order valence-corrected chi connectivity index (χ4v) is 3.55. The number of carbonyl (C=O) groups is 1. The van der Waals surface area contributed by atoms with E-state index in [1.807, 2.05) is 6.08 Å². The molecule has 2 fully saturated rings. The fraction of sp³-hybridized carbons (Fsp3) is 0.833. The second-order valence-electron chi connectivity index (χ2n) is 7.07. The molecule has 0 aromatic carbocycles. The van der Waals surface area contributed by atoms with Gasteiger partial charge in [0.2, 0.25) is 6.29 Å². The molecule has 5 nitrogen and oxygen atoms in total. The third-order valence-electron chi connectivity index (χ3n) is 5.09. The van der Waals surface area contributed by atoms with E-state index in [1.165, 1.54) is 25.7 Å². The number of ether oxygens (including phenoxy) is 2. The van der Waals surface area contributed by atoms with Gasteiger partial charge in [-0.15, -0.1) is 0 Å². The van der Waals surface area contributed by atoms with Crippen LogP contribution in [0.1, 0.15) is 57.8 Å². The summed E-state index contributed by atoms with van der Waals surface area (Å²) in [6, 6.07) is 0.303. The Morgan fingerprint density at radius 1 is 1.26 bits per heavy atom. The molecule has 1 heterocycles. The Balaban J connectivity index is 1.54. The van der Waals surface area contributed by atoms with E-state index in [4.69, 9.17) is 14.6 Å². The monoisotopic (exact) mass is 323 g/mol. The number of unbranched alkanes of at least 4 members (excludes halogenated alkanes) is 1. The third-order valence-corrected chi connectivity index (χ3v) is 5.09. The van der Waals surface area contributed by atoms with E-state index in [0.717, 1.165) is 32.1 Å². The molecule has 3 aliphatic rings. The van der Waals surface area contributed by atoms with E-state index in [2.05, 4.69) is 5.32 Å². The van der Waals surface area contributed by atoms with E-state index < -0.39 is 0 Å². The molecule has 0 aromatic heterocycles. The Labute approximate surface area is 138 Å². The maximum Gasteiger partial charge on any atom is 0.286 e. The quantitative estimate of drug-likeness (QED) is 0.674. The summed E-state index contributed by atoms with van der Waals surface area (Å²) in [5.74, 6) is 1.46. The first-order valence-corrected chi connectivity index (χ1v) is 9.18. The van der Waals surface area contributed by atoms with E-state index in [9.17, 15) is 4.79 Å². The van der Waals surface area contributed by atoms with Crippen LogP contribution in [0.15, 0.2) is 11.8 Å². The molecule has 1 amide bonds.